The summed E-state index contributed by atoms with van der Waals surface area (Å²) < 4.78 is 11.3. The zero-order chi connectivity index (χ0) is 13.2. The zero-order valence-electron chi connectivity index (χ0n) is 11.0. The second-order valence-corrected chi connectivity index (χ2v) is 4.97. The molecule has 0 atom stereocenters. The molecule has 0 aliphatic rings. The van der Waals surface area contributed by atoms with E-state index in [4.69, 9.17) is 9.47 Å². The lowest BCUT2D eigenvalue weighted by atomic mass is 10.2. The van der Waals surface area contributed by atoms with Crippen molar-refractivity contribution in [2.24, 2.45) is 0 Å². The molecule has 1 heterocycles. The molecule has 0 spiro atoms. The fourth-order valence-electron chi connectivity index (χ4n) is 1.51. The van der Waals surface area contributed by atoms with Crippen LogP contribution in [0.3, 0.4) is 0 Å². The maximum Gasteiger partial charge on any atom is 0.128 e. The molecule has 102 valence electrons. The molecule has 0 saturated carbocycles. The van der Waals surface area contributed by atoms with E-state index in [1.807, 2.05) is 13.1 Å². The first kappa shape index (κ1) is 15.4. The van der Waals surface area contributed by atoms with E-state index >= 15 is 0 Å². The monoisotopic (exact) mass is 316 g/mol. The largest absolute Gasteiger partial charge is 0.382 e. The fourth-order valence-corrected chi connectivity index (χ4v) is 1.95. The molecule has 1 aromatic heterocycles. The van der Waals surface area contributed by atoms with Crippen molar-refractivity contribution in [3.8, 4) is 0 Å². The number of nitrogens with zero attached hydrogens (tertiary/aromatic N) is 1. The number of hydrogen-bond acceptors (Lipinski definition) is 4. The van der Waals surface area contributed by atoms with Gasteiger partial charge in [0, 0.05) is 30.9 Å². The quantitative estimate of drug-likeness (QED) is 0.711. The Morgan fingerprint density at radius 1 is 1.28 bits per heavy atom. The lowest BCUT2D eigenvalue weighted by Gasteiger charge is -2.08. The predicted molar refractivity (Wildman–Crippen MR) is 77.1 cm³/mol. The molecule has 0 aliphatic heterocycles. The average molecular weight is 317 g/mol. The topological polar surface area (TPSA) is 43.4 Å². The van der Waals surface area contributed by atoms with E-state index in [0.717, 1.165) is 41.8 Å². The lowest BCUT2D eigenvalue weighted by molar-refractivity contribution is 0.0691. The Morgan fingerprint density at radius 2 is 2.11 bits per heavy atom. The number of ether oxygens (including phenoxy) is 2. The maximum absolute atomic E-state index is 5.39. The van der Waals surface area contributed by atoms with Gasteiger partial charge in [-0.2, -0.15) is 0 Å². The standard InChI is InChI=1S/C13H21BrN2O2/c1-11-9-12(14)10-16-13(11)15-5-3-4-6-18-8-7-17-2/h9-10H,3-8H2,1-2H3,(H,15,16). The van der Waals surface area contributed by atoms with E-state index in [-0.39, 0.29) is 0 Å². The molecule has 4 nitrogen and oxygen atoms in total. The Hall–Kier alpha value is -0.650. The van der Waals surface area contributed by atoms with E-state index in [1.165, 1.54) is 0 Å². The molecule has 0 aromatic carbocycles. The lowest BCUT2D eigenvalue weighted by Crippen LogP contribution is -2.07. The Bertz CT molecular complexity index is 348. The van der Waals surface area contributed by atoms with Gasteiger partial charge in [0.1, 0.15) is 5.82 Å². The Kier molecular flexibility index (Phi) is 7.96. The first-order valence-electron chi connectivity index (χ1n) is 6.16. The summed E-state index contributed by atoms with van der Waals surface area (Å²) in [5.74, 6) is 0.957. The first-order chi connectivity index (χ1) is 8.74. The third-order valence-electron chi connectivity index (χ3n) is 2.48. The molecule has 0 amide bonds. The molecule has 0 aliphatic carbocycles. The predicted octanol–water partition coefficient (Wildman–Crippen LogP) is 3.01. The van der Waals surface area contributed by atoms with Crippen molar-refractivity contribution in [3.05, 3.63) is 22.3 Å². The molecular weight excluding hydrogens is 296 g/mol. The minimum absolute atomic E-state index is 0.667. The highest BCUT2D eigenvalue weighted by Gasteiger charge is 1.99. The molecule has 5 heteroatoms. The number of methoxy groups -OCH3 is 1. The van der Waals surface area contributed by atoms with Crippen LogP contribution < -0.4 is 5.32 Å². The molecule has 0 radical (unpaired) electrons. The molecule has 0 bridgehead atoms. The third-order valence-corrected chi connectivity index (χ3v) is 2.92. The number of nitrogens with one attached hydrogen (secondary N) is 1. The SMILES string of the molecule is COCCOCCCCNc1ncc(Br)cc1C. The number of rotatable bonds is 9. The van der Waals surface area contributed by atoms with Gasteiger partial charge in [-0.25, -0.2) is 4.98 Å². The normalized spacial score (nSPS) is 10.6. The summed E-state index contributed by atoms with van der Waals surface area (Å²) in [5.41, 5.74) is 1.15. The summed E-state index contributed by atoms with van der Waals surface area (Å²) in [4.78, 5) is 4.33. The van der Waals surface area contributed by atoms with Gasteiger partial charge in [-0.3, -0.25) is 0 Å². The number of anilines is 1. The van der Waals surface area contributed by atoms with Gasteiger partial charge in [0.05, 0.1) is 13.2 Å². The van der Waals surface area contributed by atoms with E-state index in [2.05, 4.69) is 32.3 Å². The molecule has 18 heavy (non-hydrogen) atoms. The minimum Gasteiger partial charge on any atom is -0.382 e. The molecule has 1 rings (SSSR count). The van der Waals surface area contributed by atoms with E-state index in [0.29, 0.717) is 13.2 Å². The van der Waals surface area contributed by atoms with Gasteiger partial charge in [0.25, 0.3) is 0 Å². The Morgan fingerprint density at radius 3 is 2.83 bits per heavy atom. The smallest absolute Gasteiger partial charge is 0.128 e. The second kappa shape index (κ2) is 9.30. The highest BCUT2D eigenvalue weighted by molar-refractivity contribution is 9.10. The highest BCUT2D eigenvalue weighted by atomic mass is 79.9. The minimum atomic E-state index is 0.667. The summed E-state index contributed by atoms with van der Waals surface area (Å²) in [7, 11) is 1.68. The number of aryl methyl sites for hydroxylation is 1. The summed E-state index contributed by atoms with van der Waals surface area (Å²) in [6.45, 7) is 5.10. The van der Waals surface area contributed by atoms with Gasteiger partial charge >= 0.3 is 0 Å². The molecular formula is C13H21BrN2O2. The fraction of sp³-hybridized carbons (Fsp3) is 0.615. The summed E-state index contributed by atoms with van der Waals surface area (Å²) in [6, 6.07) is 2.06. The highest BCUT2D eigenvalue weighted by Crippen LogP contribution is 2.16. The van der Waals surface area contributed by atoms with Crippen LogP contribution in [0, 0.1) is 6.92 Å². The summed E-state index contributed by atoms with van der Waals surface area (Å²) in [6.07, 6.45) is 3.93. The average Bonchev–Trinajstić information content (AvgIpc) is 2.35. The van der Waals surface area contributed by atoms with Crippen molar-refractivity contribution >= 4 is 21.7 Å². The van der Waals surface area contributed by atoms with Crippen LogP contribution in [0.15, 0.2) is 16.7 Å². The van der Waals surface area contributed by atoms with Gasteiger partial charge in [-0.1, -0.05) is 0 Å². The molecule has 0 fully saturated rings. The number of unbranched alkanes of at least 4 members (excludes halogenated alkanes) is 1. The number of hydrogen-bond donors (Lipinski definition) is 1. The van der Waals surface area contributed by atoms with Crippen LogP contribution in [0.25, 0.3) is 0 Å². The maximum atomic E-state index is 5.39. The van der Waals surface area contributed by atoms with Crippen molar-refractivity contribution in [3.63, 3.8) is 0 Å². The number of aromatic nitrogens is 1. The summed E-state index contributed by atoms with van der Waals surface area (Å²) >= 11 is 3.40. The molecule has 1 aromatic rings. The van der Waals surface area contributed by atoms with E-state index in [1.54, 1.807) is 7.11 Å². The van der Waals surface area contributed by atoms with Crippen LogP contribution in [-0.2, 0) is 9.47 Å². The first-order valence-corrected chi connectivity index (χ1v) is 6.96. The molecule has 0 saturated heterocycles. The summed E-state index contributed by atoms with van der Waals surface area (Å²) in [5, 5.41) is 3.33. The second-order valence-electron chi connectivity index (χ2n) is 4.06. The van der Waals surface area contributed by atoms with Crippen molar-refractivity contribution < 1.29 is 9.47 Å². The van der Waals surface area contributed by atoms with Crippen LogP contribution >= 0.6 is 15.9 Å². The van der Waals surface area contributed by atoms with Gasteiger partial charge in [0.2, 0.25) is 0 Å². The molecule has 0 unspecified atom stereocenters. The van der Waals surface area contributed by atoms with Gasteiger partial charge in [-0.05, 0) is 47.3 Å². The van der Waals surface area contributed by atoms with Crippen LogP contribution in [0.5, 0.6) is 0 Å². The van der Waals surface area contributed by atoms with E-state index < -0.39 is 0 Å². The van der Waals surface area contributed by atoms with Crippen molar-refractivity contribution in [1.82, 2.24) is 4.98 Å². The zero-order valence-corrected chi connectivity index (χ0v) is 12.6. The van der Waals surface area contributed by atoms with Gasteiger partial charge in [-0.15, -0.1) is 0 Å². The van der Waals surface area contributed by atoms with Crippen LogP contribution in [-0.4, -0.2) is 38.5 Å². The number of halogens is 1. The van der Waals surface area contributed by atoms with Crippen LogP contribution in [0.4, 0.5) is 5.82 Å². The van der Waals surface area contributed by atoms with Crippen LogP contribution in [0.1, 0.15) is 18.4 Å². The van der Waals surface area contributed by atoms with Crippen LogP contribution in [0.2, 0.25) is 0 Å². The Balaban J connectivity index is 2.07. The van der Waals surface area contributed by atoms with Gasteiger partial charge < -0.3 is 14.8 Å². The van der Waals surface area contributed by atoms with Gasteiger partial charge in [0.15, 0.2) is 0 Å². The van der Waals surface area contributed by atoms with E-state index in [9.17, 15) is 0 Å². The van der Waals surface area contributed by atoms with Crippen molar-refractivity contribution in [2.45, 2.75) is 19.8 Å². The third kappa shape index (κ3) is 6.33. The molecule has 1 N–H and O–H groups in total. The number of pyridine rings is 1. The van der Waals surface area contributed by atoms with Crippen molar-refractivity contribution in [1.29, 1.82) is 0 Å². The Labute approximate surface area is 117 Å². The van der Waals surface area contributed by atoms with Crippen molar-refractivity contribution in [2.75, 3.05) is 38.8 Å².